The van der Waals surface area contributed by atoms with Gasteiger partial charge in [0.2, 0.25) is 0 Å². The number of nitrogens with one attached hydrogen (secondary N) is 1. The number of carboxylic acids is 1. The molecule has 6 heteroatoms. The van der Waals surface area contributed by atoms with E-state index >= 15 is 0 Å². The number of carbonyl (C=O) groups is 2. The van der Waals surface area contributed by atoms with Gasteiger partial charge in [-0.15, -0.1) is 0 Å². The van der Waals surface area contributed by atoms with Gasteiger partial charge >= 0.3 is 12.0 Å². The topological polar surface area (TPSA) is 72.9 Å². The van der Waals surface area contributed by atoms with Gasteiger partial charge in [0.25, 0.3) is 0 Å². The smallest absolute Gasteiger partial charge is 0.317 e. The molecule has 1 rings (SSSR count). The first kappa shape index (κ1) is 18.0. The normalized spacial score (nSPS) is 12.0. The number of benzene rings is 1. The minimum atomic E-state index is -0.921. The van der Waals surface area contributed by atoms with Crippen LogP contribution in [0.15, 0.2) is 30.3 Å². The van der Waals surface area contributed by atoms with Crippen LogP contribution in [0.2, 0.25) is 0 Å². The molecule has 2 amide bonds. The molecule has 122 valence electrons. The Morgan fingerprint density at radius 1 is 1.18 bits per heavy atom. The van der Waals surface area contributed by atoms with E-state index < -0.39 is 12.0 Å². The van der Waals surface area contributed by atoms with Crippen LogP contribution in [0.1, 0.15) is 18.9 Å². The van der Waals surface area contributed by atoms with Crippen molar-refractivity contribution in [2.75, 3.05) is 27.2 Å². The van der Waals surface area contributed by atoms with E-state index in [1.54, 1.807) is 11.8 Å². The highest BCUT2D eigenvalue weighted by molar-refractivity contribution is 5.75. The highest BCUT2D eigenvalue weighted by Gasteiger charge is 2.17. The molecule has 0 aromatic heterocycles. The fourth-order valence-corrected chi connectivity index (χ4v) is 1.99. The van der Waals surface area contributed by atoms with Gasteiger partial charge in [0.15, 0.2) is 0 Å². The molecule has 0 unspecified atom stereocenters. The molecule has 0 spiro atoms. The average molecular weight is 307 g/mol. The number of carbonyl (C=O) groups excluding carboxylic acids is 1. The van der Waals surface area contributed by atoms with Gasteiger partial charge in [0.05, 0.1) is 6.42 Å². The maximum Gasteiger partial charge on any atom is 0.317 e. The molecule has 1 atom stereocenters. The van der Waals surface area contributed by atoms with E-state index in [1.807, 2.05) is 49.3 Å². The zero-order valence-electron chi connectivity index (χ0n) is 13.5. The number of likely N-dealkylation sites (N-methyl/N-ethyl adjacent to an activating group) is 1. The van der Waals surface area contributed by atoms with Crippen LogP contribution in [0.5, 0.6) is 0 Å². The molecule has 0 aliphatic heterocycles. The third-order valence-electron chi connectivity index (χ3n) is 3.17. The van der Waals surface area contributed by atoms with Gasteiger partial charge in [0, 0.05) is 25.7 Å². The van der Waals surface area contributed by atoms with Crippen molar-refractivity contribution in [3.05, 3.63) is 35.9 Å². The number of nitrogens with zero attached hydrogens (tertiary/aromatic N) is 2. The Balaban J connectivity index is 2.67. The summed E-state index contributed by atoms with van der Waals surface area (Å²) < 4.78 is 0. The van der Waals surface area contributed by atoms with E-state index in [2.05, 4.69) is 5.32 Å². The second-order valence-corrected chi connectivity index (χ2v) is 5.66. The number of aliphatic carboxylic acids is 1. The third kappa shape index (κ3) is 7.08. The van der Waals surface area contributed by atoms with Crippen LogP contribution in [0, 0.1) is 0 Å². The summed E-state index contributed by atoms with van der Waals surface area (Å²) in [5.74, 6) is -0.921. The Kier molecular flexibility index (Phi) is 7.39. The molecule has 0 radical (unpaired) electrons. The average Bonchev–Trinajstić information content (AvgIpc) is 2.43. The van der Waals surface area contributed by atoms with Gasteiger partial charge in [-0.1, -0.05) is 30.3 Å². The summed E-state index contributed by atoms with van der Waals surface area (Å²) in [6.45, 7) is 3.51. The fourth-order valence-electron chi connectivity index (χ4n) is 1.99. The summed E-state index contributed by atoms with van der Waals surface area (Å²) in [5.41, 5.74) is 1.04. The standard InChI is InChI=1S/C16H25N3O3/c1-13(11-15(20)21)17-16(22)19(10-9-18(2)3)12-14-7-5-4-6-8-14/h4-8,13H,9-12H2,1-3H3,(H,17,22)(H,20,21)/t13-/m0/s1. The monoisotopic (exact) mass is 307 g/mol. The SMILES string of the molecule is C[C@@H](CC(=O)O)NC(=O)N(CCN(C)C)Cc1ccccc1. The summed E-state index contributed by atoms with van der Waals surface area (Å²) in [7, 11) is 3.90. The first-order valence-electron chi connectivity index (χ1n) is 7.34. The maximum absolute atomic E-state index is 12.4. The third-order valence-corrected chi connectivity index (χ3v) is 3.17. The van der Waals surface area contributed by atoms with E-state index in [0.717, 1.165) is 12.1 Å². The molecule has 0 fully saturated rings. The number of hydrogen-bond donors (Lipinski definition) is 2. The summed E-state index contributed by atoms with van der Waals surface area (Å²) in [5, 5.41) is 11.5. The lowest BCUT2D eigenvalue weighted by Crippen LogP contribution is -2.46. The van der Waals surface area contributed by atoms with E-state index in [-0.39, 0.29) is 12.5 Å². The van der Waals surface area contributed by atoms with Crippen molar-refractivity contribution >= 4 is 12.0 Å². The molecule has 22 heavy (non-hydrogen) atoms. The van der Waals surface area contributed by atoms with Crippen LogP contribution in [0.3, 0.4) is 0 Å². The second kappa shape index (κ2) is 9.04. The number of amides is 2. The molecular formula is C16H25N3O3. The minimum absolute atomic E-state index is 0.0847. The highest BCUT2D eigenvalue weighted by Crippen LogP contribution is 2.05. The Labute approximate surface area is 131 Å². The number of hydrogen-bond acceptors (Lipinski definition) is 3. The predicted molar refractivity (Wildman–Crippen MR) is 85.7 cm³/mol. The van der Waals surface area contributed by atoms with E-state index in [9.17, 15) is 9.59 Å². The van der Waals surface area contributed by atoms with Gasteiger partial charge in [-0.05, 0) is 26.6 Å². The van der Waals surface area contributed by atoms with Gasteiger partial charge in [-0.25, -0.2) is 4.79 Å². The largest absolute Gasteiger partial charge is 0.481 e. The molecule has 0 bridgehead atoms. The van der Waals surface area contributed by atoms with Crippen LogP contribution in [-0.4, -0.2) is 60.1 Å². The van der Waals surface area contributed by atoms with Crippen molar-refractivity contribution < 1.29 is 14.7 Å². The summed E-state index contributed by atoms with van der Waals surface area (Å²) >= 11 is 0. The molecule has 1 aromatic carbocycles. The maximum atomic E-state index is 12.4. The zero-order chi connectivity index (χ0) is 16.5. The Bertz CT molecular complexity index is 477. The van der Waals surface area contributed by atoms with E-state index in [4.69, 9.17) is 5.11 Å². The van der Waals surface area contributed by atoms with Crippen LogP contribution in [0.4, 0.5) is 4.79 Å². The van der Waals surface area contributed by atoms with Crippen LogP contribution < -0.4 is 5.32 Å². The van der Waals surface area contributed by atoms with Crippen molar-refractivity contribution in [2.24, 2.45) is 0 Å². The van der Waals surface area contributed by atoms with Crippen molar-refractivity contribution in [1.29, 1.82) is 0 Å². The summed E-state index contributed by atoms with van der Waals surface area (Å²) in [4.78, 5) is 26.8. The Morgan fingerprint density at radius 2 is 1.82 bits per heavy atom. The first-order valence-corrected chi connectivity index (χ1v) is 7.34. The van der Waals surface area contributed by atoms with Crippen molar-refractivity contribution in [3.63, 3.8) is 0 Å². The Hall–Kier alpha value is -2.08. The van der Waals surface area contributed by atoms with Crippen LogP contribution >= 0.6 is 0 Å². The molecule has 1 aromatic rings. The number of carboxylic acid groups (broad SMARTS) is 1. The lowest BCUT2D eigenvalue weighted by molar-refractivity contribution is -0.137. The van der Waals surface area contributed by atoms with Crippen molar-refractivity contribution in [2.45, 2.75) is 25.9 Å². The van der Waals surface area contributed by atoms with E-state index in [0.29, 0.717) is 13.1 Å². The highest BCUT2D eigenvalue weighted by atomic mass is 16.4. The summed E-state index contributed by atoms with van der Waals surface area (Å²) in [6.07, 6.45) is -0.0847. The molecule has 2 N–H and O–H groups in total. The quantitative estimate of drug-likeness (QED) is 0.765. The van der Waals surface area contributed by atoms with Crippen molar-refractivity contribution in [1.82, 2.24) is 15.1 Å². The molecule has 0 saturated carbocycles. The number of urea groups is 1. The minimum Gasteiger partial charge on any atom is -0.481 e. The van der Waals surface area contributed by atoms with Crippen LogP contribution in [-0.2, 0) is 11.3 Å². The summed E-state index contributed by atoms with van der Waals surface area (Å²) in [6, 6.07) is 9.10. The van der Waals surface area contributed by atoms with Gasteiger partial charge in [-0.2, -0.15) is 0 Å². The molecule has 0 aliphatic carbocycles. The van der Waals surface area contributed by atoms with Gasteiger partial charge < -0.3 is 20.2 Å². The Morgan fingerprint density at radius 3 is 2.36 bits per heavy atom. The lowest BCUT2D eigenvalue weighted by Gasteiger charge is -2.26. The molecule has 6 nitrogen and oxygen atoms in total. The predicted octanol–water partition coefficient (Wildman–Crippen LogP) is 1.62. The molecule has 0 heterocycles. The number of rotatable bonds is 8. The molecule has 0 saturated heterocycles. The van der Waals surface area contributed by atoms with E-state index in [1.165, 1.54) is 0 Å². The van der Waals surface area contributed by atoms with Crippen molar-refractivity contribution in [3.8, 4) is 0 Å². The molecular weight excluding hydrogens is 282 g/mol. The van der Waals surface area contributed by atoms with Gasteiger partial charge in [-0.3, -0.25) is 4.79 Å². The first-order chi connectivity index (χ1) is 10.4. The lowest BCUT2D eigenvalue weighted by atomic mass is 10.2. The molecule has 0 aliphatic rings. The second-order valence-electron chi connectivity index (χ2n) is 5.66. The fraction of sp³-hybridized carbons (Fsp3) is 0.500. The zero-order valence-corrected chi connectivity index (χ0v) is 13.5. The van der Waals surface area contributed by atoms with Gasteiger partial charge in [0.1, 0.15) is 0 Å². The van der Waals surface area contributed by atoms with Crippen LogP contribution in [0.25, 0.3) is 0 Å².